The van der Waals surface area contributed by atoms with Gasteiger partial charge in [0.05, 0.1) is 5.52 Å². The summed E-state index contributed by atoms with van der Waals surface area (Å²) in [6, 6.07) is 40.1. The molecule has 5 aromatic carbocycles. The summed E-state index contributed by atoms with van der Waals surface area (Å²) in [5, 5.41) is 1.11. The zero-order valence-electron chi connectivity index (χ0n) is 52.6. The highest BCUT2D eigenvalue weighted by Crippen LogP contribution is 2.67. The fourth-order valence-corrected chi connectivity index (χ4v) is 12.9. The number of hydrogen-bond acceptors (Lipinski definition) is 4. The van der Waals surface area contributed by atoms with Gasteiger partial charge in [-0.3, -0.25) is 13.4 Å². The minimum Gasteiger partial charge on any atom is -0.341 e. The summed E-state index contributed by atoms with van der Waals surface area (Å²) in [6.07, 6.45) is 0.617. The number of benzene rings is 5. The number of rotatable bonds is 5. The Morgan fingerprint density at radius 1 is 0.351 bits per heavy atom. The van der Waals surface area contributed by atoms with Gasteiger partial charge in [-0.1, -0.05) is 257 Å². The molecule has 5 nitrogen and oxygen atoms in total. The van der Waals surface area contributed by atoms with Crippen molar-refractivity contribution in [3.05, 3.63) is 176 Å². The van der Waals surface area contributed by atoms with Gasteiger partial charge in [0.2, 0.25) is 0 Å². The van der Waals surface area contributed by atoms with Gasteiger partial charge in [-0.05, 0) is 136 Å². The number of fused-ring (bicyclic) bond motifs is 2. The van der Waals surface area contributed by atoms with Crippen LogP contribution in [0.1, 0.15) is 247 Å². The molecule has 0 bridgehead atoms. The lowest BCUT2D eigenvalue weighted by Gasteiger charge is -2.44. The molecule has 0 aliphatic carbocycles. The monoisotopic (exact) mass is 1060 g/mol. The minimum absolute atomic E-state index is 0.216. The molecule has 0 unspecified atom stereocenters. The summed E-state index contributed by atoms with van der Waals surface area (Å²) >= 11 is 0. The molecule has 6 aromatic rings. The summed E-state index contributed by atoms with van der Waals surface area (Å²) in [5.74, 6) is -1.09. The van der Waals surface area contributed by atoms with Gasteiger partial charge >= 0.3 is 0 Å². The Labute approximate surface area is 468 Å². The van der Waals surface area contributed by atoms with E-state index in [0.717, 1.165) is 33.2 Å². The third-order valence-electron chi connectivity index (χ3n) is 16.5. The van der Waals surface area contributed by atoms with Crippen LogP contribution in [0.15, 0.2) is 109 Å². The Bertz CT molecular complexity index is 2710. The molecule has 2 aliphatic heterocycles. The van der Waals surface area contributed by atoms with Crippen molar-refractivity contribution in [1.29, 1.82) is 0 Å². The summed E-state index contributed by atoms with van der Waals surface area (Å²) in [6.45, 7) is 60.1. The van der Waals surface area contributed by atoms with Crippen molar-refractivity contribution in [3.63, 3.8) is 0 Å². The van der Waals surface area contributed by atoms with Crippen LogP contribution in [0.3, 0.4) is 0 Å². The molecule has 2 saturated heterocycles. The minimum atomic E-state index is -2.13. The van der Waals surface area contributed by atoms with Crippen LogP contribution in [0, 0.1) is 0 Å². The molecule has 3 heterocycles. The van der Waals surface area contributed by atoms with Gasteiger partial charge in [0.1, 0.15) is 12.2 Å². The van der Waals surface area contributed by atoms with E-state index in [1.807, 2.05) is 0 Å². The Kier molecular flexibility index (Phi) is 14.6. The Morgan fingerprint density at radius 3 is 0.844 bits per heavy atom. The van der Waals surface area contributed by atoms with Crippen molar-refractivity contribution in [2.75, 3.05) is 0 Å². The van der Waals surface area contributed by atoms with Crippen LogP contribution in [-0.2, 0) is 73.0 Å². The first-order valence-electron chi connectivity index (χ1n) is 28.6. The maximum Gasteiger partial charge on any atom is 0.297 e. The van der Waals surface area contributed by atoms with Gasteiger partial charge < -0.3 is 9.47 Å². The van der Waals surface area contributed by atoms with E-state index in [4.69, 9.17) is 18.5 Å². The second-order valence-electron chi connectivity index (χ2n) is 31.8. The number of para-hydroxylation sites is 1. The summed E-state index contributed by atoms with van der Waals surface area (Å²) in [4.78, 5) is 0. The van der Waals surface area contributed by atoms with Crippen molar-refractivity contribution in [2.24, 2.45) is 0 Å². The van der Waals surface area contributed by atoms with Crippen molar-refractivity contribution in [2.45, 2.75) is 253 Å². The SMILES string of the molecule is CC1(C)O[C@@H]2[C@@H](O1)C(c1cc(C(C)(C)C)cc(C(C)(C)C)c1)(c1cc(C(C)(C)C)cc(C(C)(C)C)c1)OP(n1ccc3ccccc31)OC2(c1cc(C(C)(C)C)cc(C(C)(C)C)c1)c1cc(C(C)(C)C)cc(C(C)(C)C)c1. The van der Waals surface area contributed by atoms with E-state index in [-0.39, 0.29) is 43.3 Å². The molecule has 0 saturated carbocycles. The van der Waals surface area contributed by atoms with Gasteiger partial charge in [-0.25, -0.2) is 0 Å². The fourth-order valence-electron chi connectivity index (χ4n) is 11.1. The van der Waals surface area contributed by atoms with Crippen LogP contribution >= 0.6 is 8.53 Å². The Balaban J connectivity index is 1.71. The molecule has 2 fully saturated rings. The van der Waals surface area contributed by atoms with E-state index in [1.54, 1.807) is 0 Å². The predicted octanol–water partition coefficient (Wildman–Crippen LogP) is 19.6. The maximum atomic E-state index is 8.69. The Hall–Kier alpha value is -4.09. The molecule has 77 heavy (non-hydrogen) atoms. The lowest BCUT2D eigenvalue weighted by molar-refractivity contribution is -0.174. The van der Waals surface area contributed by atoms with Crippen LogP contribution in [0.25, 0.3) is 10.9 Å². The molecular formula is C71H98NO4P. The first kappa shape index (κ1) is 59.0. The average Bonchev–Trinajstić information content (AvgIpc) is 3.84. The number of nitrogens with zero attached hydrogens (tertiary/aromatic N) is 1. The highest BCUT2D eigenvalue weighted by Gasteiger charge is 2.68. The van der Waals surface area contributed by atoms with E-state index >= 15 is 0 Å². The topological polar surface area (TPSA) is 41.9 Å². The molecule has 2 aliphatic rings. The lowest BCUT2D eigenvalue weighted by Crippen LogP contribution is -2.54. The molecular weight excluding hydrogens is 962 g/mol. The normalized spacial score (nSPS) is 19.9. The van der Waals surface area contributed by atoms with Crippen molar-refractivity contribution < 1.29 is 18.5 Å². The molecule has 8 rings (SSSR count). The largest absolute Gasteiger partial charge is 0.341 e. The van der Waals surface area contributed by atoms with Gasteiger partial charge in [0, 0.05) is 11.6 Å². The standard InChI is InChI=1S/C71H98NO4P/c1-61(2,3)46-33-47(62(4,5)6)38-54(37-46)70(55-39-48(63(7,8)9)34-49(40-55)64(10,11)12)59-60(74-69(25,26)73-59)71(56-41-50(65(13,14)15)35-51(42-56)66(16,17)18,57-43-52(67(19,20)21)36-53(44-57)68(22,23)24)76-77(75-70)72-32-31-45-29-27-28-30-58(45)72/h27-44,59-60H,1-26H3/t59-,60-/m1/s1. The highest BCUT2D eigenvalue weighted by molar-refractivity contribution is 7.46. The van der Waals surface area contributed by atoms with E-state index < -0.39 is 37.7 Å². The smallest absolute Gasteiger partial charge is 0.297 e. The molecule has 6 heteroatoms. The fraction of sp³-hybridized carbons (Fsp3) is 0.549. The summed E-state index contributed by atoms with van der Waals surface area (Å²) in [5.41, 5.74) is 10.6. The average molecular weight is 1060 g/mol. The highest BCUT2D eigenvalue weighted by atomic mass is 31.2. The first-order chi connectivity index (χ1) is 34.9. The second-order valence-corrected chi connectivity index (χ2v) is 33.1. The van der Waals surface area contributed by atoms with E-state index in [2.05, 4.69) is 294 Å². The Morgan fingerprint density at radius 2 is 0.597 bits per heavy atom. The third kappa shape index (κ3) is 11.4. The van der Waals surface area contributed by atoms with Crippen LogP contribution in [0.4, 0.5) is 0 Å². The van der Waals surface area contributed by atoms with Gasteiger partial charge in [-0.2, -0.15) is 0 Å². The molecule has 416 valence electrons. The maximum absolute atomic E-state index is 8.69. The van der Waals surface area contributed by atoms with Crippen LogP contribution in [0.2, 0.25) is 0 Å². The van der Waals surface area contributed by atoms with Crippen LogP contribution in [-0.4, -0.2) is 22.3 Å². The first-order valence-corrected chi connectivity index (χ1v) is 29.8. The van der Waals surface area contributed by atoms with Gasteiger partial charge in [0.25, 0.3) is 8.53 Å². The number of aromatic nitrogens is 1. The van der Waals surface area contributed by atoms with Gasteiger partial charge in [0.15, 0.2) is 17.0 Å². The van der Waals surface area contributed by atoms with Crippen molar-refractivity contribution in [1.82, 2.24) is 4.34 Å². The molecule has 0 spiro atoms. The molecule has 0 amide bonds. The van der Waals surface area contributed by atoms with Crippen LogP contribution in [0.5, 0.6) is 0 Å². The van der Waals surface area contributed by atoms with E-state index in [0.29, 0.717) is 0 Å². The van der Waals surface area contributed by atoms with Gasteiger partial charge in [-0.15, -0.1) is 0 Å². The van der Waals surface area contributed by atoms with Crippen molar-refractivity contribution >= 4 is 19.4 Å². The lowest BCUT2D eigenvalue weighted by atomic mass is 9.67. The van der Waals surface area contributed by atoms with Crippen molar-refractivity contribution in [3.8, 4) is 0 Å². The molecule has 1 aromatic heterocycles. The predicted molar refractivity (Wildman–Crippen MR) is 327 cm³/mol. The zero-order valence-corrected chi connectivity index (χ0v) is 53.5. The van der Waals surface area contributed by atoms with E-state index in [1.165, 1.54) is 44.5 Å². The second kappa shape index (κ2) is 19.0. The number of hydrogen-bond donors (Lipinski definition) is 0. The summed E-state index contributed by atoms with van der Waals surface area (Å²) in [7, 11) is -2.13. The van der Waals surface area contributed by atoms with E-state index in [9.17, 15) is 0 Å². The number of ether oxygens (including phenoxy) is 2. The third-order valence-corrected chi connectivity index (χ3v) is 18.1. The molecule has 0 radical (unpaired) electrons. The summed E-state index contributed by atoms with van der Waals surface area (Å²) < 4.78 is 35.6. The quantitative estimate of drug-likeness (QED) is 0.161. The molecule has 2 atom stereocenters. The zero-order chi connectivity index (χ0) is 57.4. The van der Waals surface area contributed by atoms with Crippen LogP contribution < -0.4 is 0 Å². The molecule has 0 N–H and O–H groups in total.